The summed E-state index contributed by atoms with van der Waals surface area (Å²) in [6, 6.07) is 21.5. The molecule has 0 aliphatic heterocycles. The number of ketones is 1. The van der Waals surface area contributed by atoms with Gasteiger partial charge in [0.2, 0.25) is 0 Å². The summed E-state index contributed by atoms with van der Waals surface area (Å²) in [5.41, 5.74) is 2.39. The lowest BCUT2D eigenvalue weighted by molar-refractivity contribution is 0.101. The SMILES string of the molecule is CC(=O)c1cc(OC(c2ccccc2)c2ccccc2)cnc1Cl. The van der Waals surface area contributed by atoms with Crippen LogP contribution in [0, 0.1) is 0 Å². The van der Waals surface area contributed by atoms with Crippen LogP contribution in [0.4, 0.5) is 0 Å². The van der Waals surface area contributed by atoms with Crippen molar-refractivity contribution in [1.29, 1.82) is 0 Å². The molecule has 0 aliphatic rings. The van der Waals surface area contributed by atoms with E-state index in [4.69, 9.17) is 16.3 Å². The van der Waals surface area contributed by atoms with Gasteiger partial charge in [0.05, 0.1) is 11.8 Å². The maximum Gasteiger partial charge on any atom is 0.163 e. The Morgan fingerprint density at radius 1 is 1.00 bits per heavy atom. The molecule has 0 radical (unpaired) electrons. The van der Waals surface area contributed by atoms with Crippen molar-refractivity contribution in [2.24, 2.45) is 0 Å². The molecule has 0 aliphatic carbocycles. The lowest BCUT2D eigenvalue weighted by Gasteiger charge is -2.20. The molecule has 1 aromatic heterocycles. The van der Waals surface area contributed by atoms with Gasteiger partial charge in [0.1, 0.15) is 17.0 Å². The standard InChI is InChI=1S/C20H16ClNO2/c1-14(23)18-12-17(13-22-20(18)21)24-19(15-8-4-2-5-9-15)16-10-6-3-7-11-16/h2-13,19H,1H3. The van der Waals surface area contributed by atoms with Gasteiger partial charge >= 0.3 is 0 Å². The monoisotopic (exact) mass is 337 g/mol. The fraction of sp³-hybridized carbons (Fsp3) is 0.100. The molecular formula is C20H16ClNO2. The van der Waals surface area contributed by atoms with Crippen molar-refractivity contribution in [3.8, 4) is 5.75 Å². The van der Waals surface area contributed by atoms with E-state index in [2.05, 4.69) is 4.98 Å². The number of pyridine rings is 1. The number of hydrogen-bond acceptors (Lipinski definition) is 3. The molecule has 0 unspecified atom stereocenters. The maximum absolute atomic E-state index is 11.7. The lowest BCUT2D eigenvalue weighted by atomic mass is 10.0. The summed E-state index contributed by atoms with van der Waals surface area (Å²) in [6.07, 6.45) is 1.24. The molecule has 0 amide bonds. The average Bonchev–Trinajstić information content (AvgIpc) is 2.62. The molecule has 0 bridgehead atoms. The van der Waals surface area contributed by atoms with Crippen molar-refractivity contribution in [2.45, 2.75) is 13.0 Å². The highest BCUT2D eigenvalue weighted by molar-refractivity contribution is 6.32. The predicted molar refractivity (Wildman–Crippen MR) is 94.6 cm³/mol. The number of Topliss-reactive ketones (excluding diaryl/α,β-unsaturated/α-hetero) is 1. The van der Waals surface area contributed by atoms with E-state index in [0.717, 1.165) is 11.1 Å². The van der Waals surface area contributed by atoms with Gasteiger partial charge in [0.15, 0.2) is 5.78 Å². The molecule has 0 fully saturated rings. The fourth-order valence-electron chi connectivity index (χ4n) is 2.46. The minimum absolute atomic E-state index is 0.145. The smallest absolute Gasteiger partial charge is 0.163 e. The summed E-state index contributed by atoms with van der Waals surface area (Å²) >= 11 is 5.97. The van der Waals surface area contributed by atoms with Gasteiger partial charge in [-0.3, -0.25) is 4.79 Å². The third-order valence-electron chi connectivity index (χ3n) is 3.65. The Morgan fingerprint density at radius 2 is 1.54 bits per heavy atom. The molecule has 3 aromatic rings. The average molecular weight is 338 g/mol. The fourth-order valence-corrected chi connectivity index (χ4v) is 2.70. The van der Waals surface area contributed by atoms with E-state index in [1.807, 2.05) is 60.7 Å². The third-order valence-corrected chi connectivity index (χ3v) is 3.95. The Morgan fingerprint density at radius 3 is 2.04 bits per heavy atom. The summed E-state index contributed by atoms with van der Waals surface area (Å²) in [5.74, 6) is 0.358. The zero-order valence-electron chi connectivity index (χ0n) is 13.1. The van der Waals surface area contributed by atoms with Crippen LogP contribution in [-0.4, -0.2) is 10.8 Å². The zero-order valence-corrected chi connectivity index (χ0v) is 13.9. The van der Waals surface area contributed by atoms with E-state index >= 15 is 0 Å². The van der Waals surface area contributed by atoms with Gasteiger partial charge < -0.3 is 4.74 Å². The van der Waals surface area contributed by atoms with E-state index in [1.54, 1.807) is 6.07 Å². The number of halogens is 1. The predicted octanol–water partition coefficient (Wildman–Crippen LogP) is 5.11. The van der Waals surface area contributed by atoms with E-state index in [0.29, 0.717) is 11.3 Å². The van der Waals surface area contributed by atoms with Crippen molar-refractivity contribution in [3.63, 3.8) is 0 Å². The number of carbonyl (C=O) groups excluding carboxylic acids is 1. The van der Waals surface area contributed by atoms with E-state index in [-0.39, 0.29) is 17.0 Å². The summed E-state index contributed by atoms with van der Waals surface area (Å²) in [6.45, 7) is 1.46. The highest BCUT2D eigenvalue weighted by Gasteiger charge is 2.17. The molecular weight excluding hydrogens is 322 g/mol. The van der Waals surface area contributed by atoms with E-state index in [1.165, 1.54) is 13.1 Å². The molecule has 24 heavy (non-hydrogen) atoms. The lowest BCUT2D eigenvalue weighted by Crippen LogP contribution is -2.10. The molecule has 0 spiro atoms. The van der Waals surface area contributed by atoms with Crippen molar-refractivity contribution >= 4 is 17.4 Å². The van der Waals surface area contributed by atoms with E-state index in [9.17, 15) is 4.79 Å². The van der Waals surface area contributed by atoms with Crippen LogP contribution in [0.3, 0.4) is 0 Å². The van der Waals surface area contributed by atoms with Crippen LogP contribution in [0.1, 0.15) is 34.5 Å². The second-order valence-corrected chi connectivity index (χ2v) is 5.74. The maximum atomic E-state index is 11.7. The number of aromatic nitrogens is 1. The van der Waals surface area contributed by atoms with E-state index < -0.39 is 0 Å². The Labute approximate surface area is 145 Å². The molecule has 2 aromatic carbocycles. The van der Waals surface area contributed by atoms with Crippen molar-refractivity contribution in [3.05, 3.63) is 94.8 Å². The first-order valence-corrected chi connectivity index (χ1v) is 7.96. The number of hydrogen-bond donors (Lipinski definition) is 0. The Kier molecular flexibility index (Phi) is 4.92. The van der Waals surface area contributed by atoms with Crippen LogP contribution < -0.4 is 4.74 Å². The number of carbonyl (C=O) groups is 1. The summed E-state index contributed by atoms with van der Waals surface area (Å²) in [5, 5.41) is 0.186. The summed E-state index contributed by atoms with van der Waals surface area (Å²) < 4.78 is 6.16. The van der Waals surface area contributed by atoms with Gasteiger partial charge in [-0.25, -0.2) is 4.98 Å². The minimum atomic E-state index is -0.296. The van der Waals surface area contributed by atoms with Crippen LogP contribution in [0.15, 0.2) is 72.9 Å². The Hall–Kier alpha value is -2.65. The Balaban J connectivity index is 1.99. The molecule has 4 heteroatoms. The molecule has 0 saturated carbocycles. The summed E-state index contributed by atoms with van der Waals surface area (Å²) in [4.78, 5) is 15.7. The quantitative estimate of drug-likeness (QED) is 0.480. The van der Waals surface area contributed by atoms with Crippen LogP contribution in [0.25, 0.3) is 0 Å². The van der Waals surface area contributed by atoms with Gasteiger partial charge in [-0.15, -0.1) is 0 Å². The molecule has 3 nitrogen and oxygen atoms in total. The zero-order chi connectivity index (χ0) is 16.9. The molecule has 0 N–H and O–H groups in total. The normalized spacial score (nSPS) is 10.6. The highest BCUT2D eigenvalue weighted by Crippen LogP contribution is 2.29. The highest BCUT2D eigenvalue weighted by atomic mass is 35.5. The van der Waals surface area contributed by atoms with Gasteiger partial charge in [-0.05, 0) is 24.1 Å². The molecule has 3 rings (SSSR count). The summed E-state index contributed by atoms with van der Waals surface area (Å²) in [7, 11) is 0. The first-order chi connectivity index (χ1) is 11.6. The minimum Gasteiger partial charge on any atom is -0.479 e. The van der Waals surface area contributed by atoms with Gasteiger partial charge in [0, 0.05) is 0 Å². The number of nitrogens with zero attached hydrogens (tertiary/aromatic N) is 1. The number of ether oxygens (including phenoxy) is 1. The molecule has 0 saturated heterocycles. The van der Waals surface area contributed by atoms with Gasteiger partial charge in [-0.2, -0.15) is 0 Å². The Bertz CT molecular complexity index is 795. The van der Waals surface area contributed by atoms with Gasteiger partial charge in [0.25, 0.3) is 0 Å². The molecule has 120 valence electrons. The number of rotatable bonds is 5. The second kappa shape index (κ2) is 7.28. The van der Waals surface area contributed by atoms with Crippen LogP contribution >= 0.6 is 11.6 Å². The topological polar surface area (TPSA) is 39.2 Å². The van der Waals surface area contributed by atoms with Crippen molar-refractivity contribution < 1.29 is 9.53 Å². The third kappa shape index (κ3) is 3.63. The first-order valence-electron chi connectivity index (χ1n) is 7.58. The van der Waals surface area contributed by atoms with Crippen LogP contribution in [0.5, 0.6) is 5.75 Å². The van der Waals surface area contributed by atoms with Gasteiger partial charge in [-0.1, -0.05) is 72.3 Å². The molecule has 1 heterocycles. The van der Waals surface area contributed by atoms with Crippen molar-refractivity contribution in [1.82, 2.24) is 4.98 Å². The van der Waals surface area contributed by atoms with Crippen LogP contribution in [-0.2, 0) is 0 Å². The number of benzene rings is 2. The second-order valence-electron chi connectivity index (χ2n) is 5.38. The first kappa shape index (κ1) is 16.2. The molecule has 0 atom stereocenters. The van der Waals surface area contributed by atoms with Crippen LogP contribution in [0.2, 0.25) is 5.15 Å². The largest absolute Gasteiger partial charge is 0.479 e. The van der Waals surface area contributed by atoms with Crippen molar-refractivity contribution in [2.75, 3.05) is 0 Å².